The lowest BCUT2D eigenvalue weighted by Gasteiger charge is -2.16. The number of thiazole rings is 1. The molecule has 4 nitrogen and oxygen atoms in total. The van der Waals surface area contributed by atoms with Crippen molar-refractivity contribution >= 4 is 11.3 Å². The van der Waals surface area contributed by atoms with Gasteiger partial charge in [-0.3, -0.25) is 0 Å². The van der Waals surface area contributed by atoms with E-state index in [-0.39, 0.29) is 0 Å². The van der Waals surface area contributed by atoms with Crippen molar-refractivity contribution in [3.63, 3.8) is 0 Å². The van der Waals surface area contributed by atoms with Crippen LogP contribution in [0.5, 0.6) is 0 Å². The normalized spacial score (nSPS) is 12.4. The monoisotopic (exact) mass is 326 g/mol. The van der Waals surface area contributed by atoms with Gasteiger partial charge < -0.3 is 9.88 Å². The summed E-state index contributed by atoms with van der Waals surface area (Å²) in [6.45, 7) is 6.14. The molecule has 0 bridgehead atoms. The van der Waals surface area contributed by atoms with Gasteiger partial charge in [0.25, 0.3) is 0 Å². The molecule has 0 unspecified atom stereocenters. The highest BCUT2D eigenvalue weighted by atomic mass is 32.1. The fourth-order valence-electron chi connectivity index (χ4n) is 2.56. The molecule has 23 heavy (non-hydrogen) atoms. The number of rotatable bonds is 7. The molecule has 2 aromatic heterocycles. The van der Waals surface area contributed by atoms with E-state index < -0.39 is 0 Å². The molecule has 0 fully saturated rings. The van der Waals surface area contributed by atoms with Gasteiger partial charge in [0.1, 0.15) is 5.01 Å². The van der Waals surface area contributed by atoms with Gasteiger partial charge in [0, 0.05) is 48.2 Å². The second-order valence-electron chi connectivity index (χ2n) is 5.69. The van der Waals surface area contributed by atoms with E-state index in [1.54, 1.807) is 11.3 Å². The number of imidazole rings is 1. The van der Waals surface area contributed by atoms with Gasteiger partial charge in [0.05, 0.1) is 6.33 Å². The molecule has 1 aromatic carbocycles. The Morgan fingerprint density at radius 3 is 2.91 bits per heavy atom. The molecule has 1 N–H and O–H groups in total. The molecular formula is C18H22N4S. The zero-order chi connectivity index (χ0) is 16.1. The van der Waals surface area contributed by atoms with Crippen LogP contribution in [0.25, 0.3) is 10.6 Å². The second-order valence-corrected chi connectivity index (χ2v) is 6.81. The van der Waals surface area contributed by atoms with Crippen LogP contribution < -0.4 is 5.32 Å². The van der Waals surface area contributed by atoms with Gasteiger partial charge >= 0.3 is 0 Å². The maximum atomic E-state index is 4.59. The highest BCUT2D eigenvalue weighted by Gasteiger charge is 2.10. The van der Waals surface area contributed by atoms with Crippen LogP contribution in [0.15, 0.2) is 49.2 Å². The van der Waals surface area contributed by atoms with Crippen LogP contribution in [0.2, 0.25) is 0 Å². The Morgan fingerprint density at radius 1 is 1.30 bits per heavy atom. The van der Waals surface area contributed by atoms with Gasteiger partial charge in [-0.2, -0.15) is 0 Å². The van der Waals surface area contributed by atoms with Crippen molar-refractivity contribution in [1.82, 2.24) is 19.9 Å². The van der Waals surface area contributed by atoms with Crippen LogP contribution in [0.3, 0.4) is 0 Å². The molecule has 0 radical (unpaired) electrons. The Balaban J connectivity index is 1.61. The molecule has 0 saturated heterocycles. The predicted molar refractivity (Wildman–Crippen MR) is 95.4 cm³/mol. The van der Waals surface area contributed by atoms with E-state index in [0.717, 1.165) is 24.5 Å². The van der Waals surface area contributed by atoms with Crippen molar-refractivity contribution in [2.24, 2.45) is 0 Å². The summed E-state index contributed by atoms with van der Waals surface area (Å²) in [5.74, 6) is 0. The number of hydrogen-bond donors (Lipinski definition) is 1. The number of aryl methyl sites for hydroxylation is 1. The summed E-state index contributed by atoms with van der Waals surface area (Å²) in [6.07, 6.45) is 8.77. The summed E-state index contributed by atoms with van der Waals surface area (Å²) in [5, 5.41) is 4.72. The van der Waals surface area contributed by atoms with Crippen molar-refractivity contribution in [2.75, 3.05) is 0 Å². The molecule has 0 amide bonds. The van der Waals surface area contributed by atoms with Gasteiger partial charge in [-0.05, 0) is 18.9 Å². The number of hydrogen-bond acceptors (Lipinski definition) is 4. The molecule has 0 aliphatic rings. The molecular weight excluding hydrogens is 304 g/mol. The summed E-state index contributed by atoms with van der Waals surface area (Å²) in [5.41, 5.74) is 2.50. The molecule has 0 aliphatic carbocycles. The summed E-state index contributed by atoms with van der Waals surface area (Å²) < 4.78 is 2.12. The zero-order valence-corrected chi connectivity index (χ0v) is 14.4. The standard InChI is InChI=1S/C18H22N4S/c1-3-15(12-22-9-8-19-13-22)20-10-16-11-21-18(23-16)17-7-5-4-6-14(17)2/h4-9,11,13,15,20H,3,10,12H2,1-2H3/t15-/m0/s1. The first-order chi connectivity index (χ1) is 11.3. The lowest BCUT2D eigenvalue weighted by Crippen LogP contribution is -2.31. The number of nitrogens with one attached hydrogen (secondary N) is 1. The van der Waals surface area contributed by atoms with Crippen LogP contribution >= 0.6 is 11.3 Å². The van der Waals surface area contributed by atoms with E-state index in [1.807, 2.05) is 24.9 Å². The van der Waals surface area contributed by atoms with Crippen molar-refractivity contribution in [3.8, 4) is 10.6 Å². The second kappa shape index (κ2) is 7.53. The molecule has 3 aromatic rings. The molecule has 120 valence electrons. The summed E-state index contributed by atoms with van der Waals surface area (Å²) in [4.78, 5) is 9.96. The first-order valence-corrected chi connectivity index (χ1v) is 8.77. The molecule has 0 aliphatic heterocycles. The van der Waals surface area contributed by atoms with Crippen LogP contribution in [0.1, 0.15) is 23.8 Å². The Hall–Kier alpha value is -1.98. The van der Waals surface area contributed by atoms with E-state index in [9.17, 15) is 0 Å². The number of nitrogens with zero attached hydrogens (tertiary/aromatic N) is 3. The van der Waals surface area contributed by atoms with Crippen molar-refractivity contribution in [1.29, 1.82) is 0 Å². The van der Waals surface area contributed by atoms with Crippen molar-refractivity contribution in [2.45, 2.75) is 39.4 Å². The maximum Gasteiger partial charge on any atom is 0.123 e. The zero-order valence-electron chi connectivity index (χ0n) is 13.6. The highest BCUT2D eigenvalue weighted by molar-refractivity contribution is 7.15. The molecule has 0 spiro atoms. The Morgan fingerprint density at radius 2 is 2.17 bits per heavy atom. The third kappa shape index (κ3) is 4.06. The minimum atomic E-state index is 0.438. The Kier molecular flexibility index (Phi) is 5.20. The third-order valence-corrected chi connectivity index (χ3v) is 5.01. The van der Waals surface area contributed by atoms with Crippen LogP contribution in [0.4, 0.5) is 0 Å². The summed E-state index contributed by atoms with van der Waals surface area (Å²) in [6, 6.07) is 8.84. The van der Waals surface area contributed by atoms with E-state index in [0.29, 0.717) is 6.04 Å². The molecule has 1 atom stereocenters. The Labute approximate surface area is 141 Å². The van der Waals surface area contributed by atoms with Gasteiger partial charge in [-0.1, -0.05) is 31.2 Å². The van der Waals surface area contributed by atoms with Gasteiger partial charge in [-0.15, -0.1) is 11.3 Å². The van der Waals surface area contributed by atoms with Crippen molar-refractivity contribution < 1.29 is 0 Å². The van der Waals surface area contributed by atoms with E-state index in [2.05, 4.69) is 58.0 Å². The smallest absolute Gasteiger partial charge is 0.123 e. The highest BCUT2D eigenvalue weighted by Crippen LogP contribution is 2.27. The third-order valence-electron chi connectivity index (χ3n) is 3.98. The summed E-state index contributed by atoms with van der Waals surface area (Å²) >= 11 is 1.77. The quantitative estimate of drug-likeness (QED) is 0.716. The minimum Gasteiger partial charge on any atom is -0.336 e. The number of benzene rings is 1. The minimum absolute atomic E-state index is 0.438. The first kappa shape index (κ1) is 15.9. The van der Waals surface area contributed by atoms with Gasteiger partial charge in [0.15, 0.2) is 0 Å². The van der Waals surface area contributed by atoms with Crippen LogP contribution in [-0.4, -0.2) is 20.6 Å². The first-order valence-electron chi connectivity index (χ1n) is 7.96. The largest absolute Gasteiger partial charge is 0.336 e. The van der Waals surface area contributed by atoms with E-state index in [4.69, 9.17) is 0 Å². The summed E-state index contributed by atoms with van der Waals surface area (Å²) in [7, 11) is 0. The maximum absolute atomic E-state index is 4.59. The van der Waals surface area contributed by atoms with Gasteiger partial charge in [0.2, 0.25) is 0 Å². The Bertz CT molecular complexity index is 733. The van der Waals surface area contributed by atoms with E-state index >= 15 is 0 Å². The predicted octanol–water partition coefficient (Wildman–Crippen LogP) is 3.88. The SMILES string of the molecule is CC[C@@H](Cn1ccnc1)NCc1cnc(-c2ccccc2C)s1. The van der Waals surface area contributed by atoms with Crippen LogP contribution in [-0.2, 0) is 13.1 Å². The molecule has 2 heterocycles. The van der Waals surface area contributed by atoms with Crippen LogP contribution in [0, 0.1) is 6.92 Å². The molecule has 5 heteroatoms. The lowest BCUT2D eigenvalue weighted by atomic mass is 10.1. The van der Waals surface area contributed by atoms with Gasteiger partial charge in [-0.25, -0.2) is 9.97 Å². The number of aromatic nitrogens is 3. The van der Waals surface area contributed by atoms with Crippen molar-refractivity contribution in [3.05, 3.63) is 59.6 Å². The lowest BCUT2D eigenvalue weighted by molar-refractivity contribution is 0.436. The average Bonchev–Trinajstić information content (AvgIpc) is 3.23. The van der Waals surface area contributed by atoms with E-state index in [1.165, 1.54) is 16.0 Å². The molecule has 3 rings (SSSR count). The average molecular weight is 326 g/mol. The molecule has 0 saturated carbocycles. The fraction of sp³-hybridized carbons (Fsp3) is 0.333. The topological polar surface area (TPSA) is 42.7 Å². The fourth-order valence-corrected chi connectivity index (χ4v) is 3.51.